The van der Waals surface area contributed by atoms with Gasteiger partial charge in [-0.25, -0.2) is 0 Å². The number of halogens is 1. The second kappa shape index (κ2) is 9.71. The maximum absolute atomic E-state index is 12.7. The number of anilines is 1. The standard InChI is InChI=1S/C22H31ClN4O3/c1-5-21(28)27-13-16(14-27)25-6-8-26(9-7-25)22(29)12-24-19-10-17(15(2)3)18(23)11-20(19)30-4/h5,10-11,15-16,24H,1,6-9,12-14H2,2-4H3. The lowest BCUT2D eigenvalue weighted by Gasteiger charge is -2.47. The van der Waals surface area contributed by atoms with E-state index < -0.39 is 0 Å². The first-order valence-corrected chi connectivity index (χ1v) is 10.8. The maximum Gasteiger partial charge on any atom is 0.246 e. The summed E-state index contributed by atoms with van der Waals surface area (Å²) in [5.74, 6) is 0.960. The van der Waals surface area contributed by atoms with Crippen molar-refractivity contribution in [3.63, 3.8) is 0 Å². The van der Waals surface area contributed by atoms with E-state index in [9.17, 15) is 9.59 Å². The van der Waals surface area contributed by atoms with E-state index in [1.807, 2.05) is 11.0 Å². The molecule has 1 aromatic rings. The van der Waals surface area contributed by atoms with E-state index in [-0.39, 0.29) is 24.3 Å². The van der Waals surface area contributed by atoms with Crippen LogP contribution in [-0.2, 0) is 9.59 Å². The van der Waals surface area contributed by atoms with Crippen LogP contribution in [0.2, 0.25) is 5.02 Å². The van der Waals surface area contributed by atoms with Gasteiger partial charge in [0, 0.05) is 56.4 Å². The molecule has 30 heavy (non-hydrogen) atoms. The van der Waals surface area contributed by atoms with Crippen molar-refractivity contribution < 1.29 is 14.3 Å². The lowest BCUT2D eigenvalue weighted by atomic mass is 10.0. The van der Waals surface area contributed by atoms with Crippen LogP contribution in [0.25, 0.3) is 0 Å². The molecule has 0 aliphatic carbocycles. The zero-order valence-electron chi connectivity index (χ0n) is 18.0. The third kappa shape index (κ3) is 4.90. The van der Waals surface area contributed by atoms with Gasteiger partial charge in [-0.05, 0) is 23.6 Å². The van der Waals surface area contributed by atoms with Gasteiger partial charge in [0.15, 0.2) is 0 Å². The first kappa shape index (κ1) is 22.4. The van der Waals surface area contributed by atoms with Gasteiger partial charge >= 0.3 is 0 Å². The monoisotopic (exact) mass is 434 g/mol. The highest BCUT2D eigenvalue weighted by atomic mass is 35.5. The third-order valence-electron chi connectivity index (χ3n) is 5.90. The Kier molecular flexibility index (Phi) is 7.26. The zero-order chi connectivity index (χ0) is 21.8. The number of hydrogen-bond donors (Lipinski definition) is 1. The second-order valence-electron chi connectivity index (χ2n) is 8.10. The number of ether oxygens (including phenoxy) is 1. The fourth-order valence-electron chi connectivity index (χ4n) is 3.94. The number of amides is 2. The summed E-state index contributed by atoms with van der Waals surface area (Å²) in [4.78, 5) is 30.3. The van der Waals surface area contributed by atoms with Gasteiger partial charge in [-0.15, -0.1) is 0 Å². The predicted molar refractivity (Wildman–Crippen MR) is 119 cm³/mol. The summed E-state index contributed by atoms with van der Waals surface area (Å²) in [5.41, 5.74) is 1.80. The third-order valence-corrected chi connectivity index (χ3v) is 6.23. The van der Waals surface area contributed by atoms with Crippen LogP contribution in [0.3, 0.4) is 0 Å². The van der Waals surface area contributed by atoms with Crippen molar-refractivity contribution in [1.82, 2.24) is 14.7 Å². The number of carbonyl (C=O) groups excluding carboxylic acids is 2. The van der Waals surface area contributed by atoms with Gasteiger partial charge in [0.25, 0.3) is 0 Å². The number of likely N-dealkylation sites (tertiary alicyclic amines) is 1. The van der Waals surface area contributed by atoms with E-state index in [0.29, 0.717) is 29.9 Å². The molecule has 2 aliphatic heterocycles. The molecule has 3 rings (SSSR count). The number of piperazine rings is 1. The van der Waals surface area contributed by atoms with Crippen LogP contribution in [0.1, 0.15) is 25.3 Å². The van der Waals surface area contributed by atoms with Crippen molar-refractivity contribution in [2.45, 2.75) is 25.8 Å². The van der Waals surface area contributed by atoms with Crippen LogP contribution >= 0.6 is 11.6 Å². The quantitative estimate of drug-likeness (QED) is 0.668. The number of nitrogens with one attached hydrogen (secondary N) is 1. The average molecular weight is 435 g/mol. The molecule has 0 bridgehead atoms. The molecule has 1 N–H and O–H groups in total. The summed E-state index contributed by atoms with van der Waals surface area (Å²) in [6, 6.07) is 4.14. The van der Waals surface area contributed by atoms with Gasteiger partial charge in [0.1, 0.15) is 5.75 Å². The molecule has 0 saturated carbocycles. The topological polar surface area (TPSA) is 65.1 Å². The van der Waals surface area contributed by atoms with Crippen LogP contribution < -0.4 is 10.1 Å². The Labute approximate surface area is 183 Å². The molecular weight excluding hydrogens is 404 g/mol. The van der Waals surface area contributed by atoms with Crippen molar-refractivity contribution in [3.8, 4) is 5.75 Å². The normalized spacial score (nSPS) is 17.6. The molecule has 1 aromatic carbocycles. The molecule has 8 heteroatoms. The van der Waals surface area contributed by atoms with Gasteiger partial charge in [-0.2, -0.15) is 0 Å². The maximum atomic E-state index is 12.7. The predicted octanol–water partition coefficient (Wildman–Crippen LogP) is 2.42. The van der Waals surface area contributed by atoms with Crippen LogP contribution in [-0.4, -0.2) is 85.5 Å². The minimum Gasteiger partial charge on any atom is -0.495 e. The van der Waals surface area contributed by atoms with Gasteiger partial charge < -0.3 is 19.9 Å². The second-order valence-corrected chi connectivity index (χ2v) is 8.51. The van der Waals surface area contributed by atoms with E-state index >= 15 is 0 Å². The molecule has 164 valence electrons. The summed E-state index contributed by atoms with van der Waals surface area (Å²) in [6.45, 7) is 12.4. The Morgan fingerprint density at radius 3 is 2.47 bits per heavy atom. The molecule has 0 spiro atoms. The lowest BCUT2D eigenvalue weighted by molar-refractivity contribution is -0.135. The van der Waals surface area contributed by atoms with Gasteiger partial charge in [-0.3, -0.25) is 14.5 Å². The van der Waals surface area contributed by atoms with Gasteiger partial charge in [0.2, 0.25) is 11.8 Å². The highest BCUT2D eigenvalue weighted by Gasteiger charge is 2.35. The number of benzene rings is 1. The Morgan fingerprint density at radius 2 is 1.90 bits per heavy atom. The summed E-state index contributed by atoms with van der Waals surface area (Å²) in [5, 5.41) is 3.89. The lowest BCUT2D eigenvalue weighted by Crippen LogP contribution is -2.64. The van der Waals surface area contributed by atoms with Crippen molar-refractivity contribution in [2.24, 2.45) is 0 Å². The Hall–Kier alpha value is -2.25. The van der Waals surface area contributed by atoms with Crippen LogP contribution in [0, 0.1) is 0 Å². The van der Waals surface area contributed by atoms with Crippen molar-refractivity contribution in [3.05, 3.63) is 35.4 Å². The molecule has 2 amide bonds. The largest absolute Gasteiger partial charge is 0.495 e. The summed E-state index contributed by atoms with van der Waals surface area (Å²) in [7, 11) is 1.59. The zero-order valence-corrected chi connectivity index (χ0v) is 18.7. The van der Waals surface area contributed by atoms with Crippen LogP contribution in [0.15, 0.2) is 24.8 Å². The highest BCUT2D eigenvalue weighted by Crippen LogP contribution is 2.34. The van der Waals surface area contributed by atoms with E-state index in [0.717, 1.165) is 37.4 Å². The average Bonchev–Trinajstić information content (AvgIpc) is 2.71. The molecule has 2 heterocycles. The van der Waals surface area contributed by atoms with E-state index in [1.54, 1.807) is 18.1 Å². The Balaban J connectivity index is 1.49. The van der Waals surface area contributed by atoms with Crippen molar-refractivity contribution in [1.29, 1.82) is 0 Å². The molecular formula is C22H31ClN4O3. The molecule has 0 atom stereocenters. The van der Waals surface area contributed by atoms with Crippen molar-refractivity contribution >= 4 is 29.1 Å². The Bertz CT molecular complexity index is 800. The molecule has 2 saturated heterocycles. The summed E-state index contributed by atoms with van der Waals surface area (Å²) >= 11 is 6.34. The number of methoxy groups -OCH3 is 1. The van der Waals surface area contributed by atoms with E-state index in [1.165, 1.54) is 6.08 Å². The first-order chi connectivity index (χ1) is 14.3. The first-order valence-electron chi connectivity index (χ1n) is 10.4. The molecule has 7 nitrogen and oxygen atoms in total. The molecule has 0 radical (unpaired) electrons. The Morgan fingerprint density at radius 1 is 1.23 bits per heavy atom. The number of rotatable bonds is 7. The van der Waals surface area contributed by atoms with Gasteiger partial charge in [0.05, 0.1) is 19.3 Å². The number of hydrogen-bond acceptors (Lipinski definition) is 5. The van der Waals surface area contributed by atoms with Crippen LogP contribution in [0.4, 0.5) is 5.69 Å². The molecule has 0 unspecified atom stereocenters. The summed E-state index contributed by atoms with van der Waals surface area (Å²) < 4.78 is 5.42. The SMILES string of the molecule is C=CC(=O)N1CC(N2CCN(C(=O)CNc3cc(C(C)C)c(Cl)cc3OC)CC2)C1. The highest BCUT2D eigenvalue weighted by molar-refractivity contribution is 6.31. The number of carbonyl (C=O) groups is 2. The van der Waals surface area contributed by atoms with Crippen LogP contribution in [0.5, 0.6) is 5.75 Å². The minimum absolute atomic E-state index is 0.00982. The van der Waals surface area contributed by atoms with E-state index in [4.69, 9.17) is 16.3 Å². The smallest absolute Gasteiger partial charge is 0.246 e. The minimum atomic E-state index is -0.00982. The molecule has 0 aromatic heterocycles. The molecule has 2 aliphatic rings. The fourth-order valence-corrected chi connectivity index (χ4v) is 4.31. The molecule has 2 fully saturated rings. The van der Waals surface area contributed by atoms with E-state index in [2.05, 4.69) is 30.6 Å². The summed E-state index contributed by atoms with van der Waals surface area (Å²) in [6.07, 6.45) is 1.36. The fraction of sp³-hybridized carbons (Fsp3) is 0.545. The van der Waals surface area contributed by atoms with Gasteiger partial charge in [-0.1, -0.05) is 32.0 Å². The number of nitrogens with zero attached hydrogens (tertiary/aromatic N) is 3. The van der Waals surface area contributed by atoms with Crippen molar-refractivity contribution in [2.75, 3.05) is 58.2 Å².